The van der Waals surface area contributed by atoms with Crippen LogP contribution in [0.5, 0.6) is 11.5 Å². The first-order chi connectivity index (χ1) is 16.4. The molecule has 0 saturated heterocycles. The van der Waals surface area contributed by atoms with Gasteiger partial charge in [-0.05, 0) is 51.0 Å². The Bertz CT molecular complexity index is 1150. The second-order valence-electron chi connectivity index (χ2n) is 7.41. The summed E-state index contributed by atoms with van der Waals surface area (Å²) in [6, 6.07) is 5.44. The smallest absolute Gasteiger partial charge is 0.333 e. The number of carbonyl (C=O) groups is 2. The van der Waals surface area contributed by atoms with Crippen molar-refractivity contribution in [2.75, 3.05) is 33.4 Å². The fourth-order valence-corrected chi connectivity index (χ4v) is 4.29. The number of aromatic nitrogens is 1. The SMILES string of the molecule is CCCCOc1ccc(/C=c2\s/c(=C\C(=O)OCC)n(CC(=O)N(CC)CC)c2=O)cc1OC. The maximum Gasteiger partial charge on any atom is 0.333 e. The number of hydrogen-bond donors (Lipinski definition) is 0. The van der Waals surface area contributed by atoms with Crippen LogP contribution >= 0.6 is 11.3 Å². The van der Waals surface area contributed by atoms with Crippen molar-refractivity contribution in [3.05, 3.63) is 43.3 Å². The summed E-state index contributed by atoms with van der Waals surface area (Å²) in [4.78, 5) is 39.6. The summed E-state index contributed by atoms with van der Waals surface area (Å²) in [5.74, 6) is 0.453. The Morgan fingerprint density at radius 2 is 1.85 bits per heavy atom. The van der Waals surface area contributed by atoms with Gasteiger partial charge in [0, 0.05) is 13.1 Å². The van der Waals surface area contributed by atoms with E-state index in [0.717, 1.165) is 29.7 Å². The molecule has 0 spiro atoms. The second kappa shape index (κ2) is 13.6. The minimum Gasteiger partial charge on any atom is -0.493 e. The van der Waals surface area contributed by atoms with Crippen LogP contribution in [0.25, 0.3) is 12.2 Å². The Hall–Kier alpha value is -3.07. The number of unbranched alkanes of at least 4 members (excludes halogenated alkanes) is 1. The standard InChI is InChI=1S/C25H34N2O6S/c1-6-10-13-33-19-12-11-18(14-20(19)31-5)15-21-25(30)27(17-22(28)26(7-2)8-3)23(34-21)16-24(29)32-9-4/h11-12,14-16H,6-10,13,17H2,1-5H3/b21-15-,23-16-. The number of methoxy groups -OCH3 is 1. The number of nitrogens with zero attached hydrogens (tertiary/aromatic N) is 2. The molecule has 0 saturated carbocycles. The van der Waals surface area contributed by atoms with Crippen LogP contribution in [0.15, 0.2) is 23.0 Å². The molecule has 0 aliphatic rings. The van der Waals surface area contributed by atoms with E-state index in [2.05, 4.69) is 6.92 Å². The van der Waals surface area contributed by atoms with Crippen LogP contribution in [0.2, 0.25) is 0 Å². The summed E-state index contributed by atoms with van der Waals surface area (Å²) in [7, 11) is 1.56. The average molecular weight is 491 g/mol. The molecule has 2 rings (SSSR count). The first kappa shape index (κ1) is 27.2. The molecule has 186 valence electrons. The Morgan fingerprint density at radius 1 is 1.12 bits per heavy atom. The Morgan fingerprint density at radius 3 is 2.47 bits per heavy atom. The van der Waals surface area contributed by atoms with E-state index in [1.807, 2.05) is 26.0 Å². The lowest BCUT2D eigenvalue weighted by atomic mass is 10.2. The number of amides is 1. The highest BCUT2D eigenvalue weighted by molar-refractivity contribution is 7.07. The molecule has 1 heterocycles. The van der Waals surface area contributed by atoms with Crippen LogP contribution in [-0.2, 0) is 20.9 Å². The quantitative estimate of drug-likeness (QED) is 0.335. The number of ether oxygens (including phenoxy) is 3. The van der Waals surface area contributed by atoms with Gasteiger partial charge in [-0.3, -0.25) is 14.2 Å². The van der Waals surface area contributed by atoms with Crippen LogP contribution < -0.4 is 24.2 Å². The molecule has 0 fully saturated rings. The van der Waals surface area contributed by atoms with E-state index >= 15 is 0 Å². The van der Waals surface area contributed by atoms with Crippen molar-refractivity contribution in [1.29, 1.82) is 0 Å². The van der Waals surface area contributed by atoms with Gasteiger partial charge in [-0.25, -0.2) is 4.79 Å². The van der Waals surface area contributed by atoms with Gasteiger partial charge in [-0.1, -0.05) is 19.4 Å². The first-order valence-corrected chi connectivity index (χ1v) is 12.4. The van der Waals surface area contributed by atoms with Crippen molar-refractivity contribution >= 4 is 35.4 Å². The molecule has 0 atom stereocenters. The van der Waals surface area contributed by atoms with Crippen LogP contribution in [0.3, 0.4) is 0 Å². The van der Waals surface area contributed by atoms with E-state index in [4.69, 9.17) is 14.2 Å². The van der Waals surface area contributed by atoms with Gasteiger partial charge in [0.25, 0.3) is 5.56 Å². The van der Waals surface area contributed by atoms with Crippen molar-refractivity contribution in [1.82, 2.24) is 9.47 Å². The molecule has 1 aromatic heterocycles. The molecule has 1 aromatic carbocycles. The average Bonchev–Trinajstić information content (AvgIpc) is 3.09. The third kappa shape index (κ3) is 7.21. The minimum atomic E-state index is -0.561. The molecule has 0 aliphatic heterocycles. The number of carbonyl (C=O) groups excluding carboxylic acids is 2. The number of likely N-dealkylation sites (N-methyl/N-ethyl adjacent to an activating group) is 1. The maximum absolute atomic E-state index is 13.2. The van der Waals surface area contributed by atoms with Gasteiger partial charge in [0.15, 0.2) is 11.5 Å². The summed E-state index contributed by atoms with van der Waals surface area (Å²) < 4.78 is 18.3. The lowest BCUT2D eigenvalue weighted by Gasteiger charge is -2.18. The Kier molecular flexibility index (Phi) is 10.9. The Labute approximate surface area is 204 Å². The maximum atomic E-state index is 13.2. The van der Waals surface area contributed by atoms with Gasteiger partial charge in [-0.15, -0.1) is 11.3 Å². The monoisotopic (exact) mass is 490 g/mol. The summed E-state index contributed by atoms with van der Waals surface area (Å²) in [6.45, 7) is 9.30. The summed E-state index contributed by atoms with van der Waals surface area (Å²) in [6.07, 6.45) is 4.94. The van der Waals surface area contributed by atoms with Gasteiger partial charge in [0.1, 0.15) is 11.2 Å². The van der Waals surface area contributed by atoms with Crippen LogP contribution in [0.1, 0.15) is 46.1 Å². The molecule has 0 aliphatic carbocycles. The van der Waals surface area contributed by atoms with E-state index in [0.29, 0.717) is 40.4 Å². The van der Waals surface area contributed by atoms with Crippen molar-refractivity contribution < 1.29 is 23.8 Å². The van der Waals surface area contributed by atoms with Gasteiger partial charge < -0.3 is 19.1 Å². The summed E-state index contributed by atoms with van der Waals surface area (Å²) in [5.41, 5.74) is 0.395. The predicted octanol–water partition coefficient (Wildman–Crippen LogP) is 2.14. The van der Waals surface area contributed by atoms with E-state index < -0.39 is 5.97 Å². The largest absolute Gasteiger partial charge is 0.493 e. The molecule has 9 heteroatoms. The molecule has 0 unspecified atom stereocenters. The zero-order valence-corrected chi connectivity index (χ0v) is 21.4. The third-order valence-electron chi connectivity index (χ3n) is 5.11. The highest BCUT2D eigenvalue weighted by Crippen LogP contribution is 2.28. The second-order valence-corrected chi connectivity index (χ2v) is 8.48. The molecular formula is C25H34N2O6S. The van der Waals surface area contributed by atoms with Crippen LogP contribution in [0.4, 0.5) is 0 Å². The van der Waals surface area contributed by atoms with Gasteiger partial charge in [0.2, 0.25) is 5.91 Å². The van der Waals surface area contributed by atoms with Crippen LogP contribution in [0, 0.1) is 0 Å². The topological polar surface area (TPSA) is 87.1 Å². The van der Waals surface area contributed by atoms with Gasteiger partial charge in [0.05, 0.1) is 30.9 Å². The van der Waals surface area contributed by atoms with Crippen molar-refractivity contribution in [3.63, 3.8) is 0 Å². The molecular weight excluding hydrogens is 456 g/mol. The molecule has 8 nitrogen and oxygen atoms in total. The molecule has 1 amide bonds. The number of rotatable bonds is 12. The fraction of sp³-hybridized carbons (Fsp3) is 0.480. The molecule has 0 bridgehead atoms. The lowest BCUT2D eigenvalue weighted by molar-refractivity contribution is -0.135. The third-order valence-corrected chi connectivity index (χ3v) is 6.17. The summed E-state index contributed by atoms with van der Waals surface area (Å²) in [5, 5.41) is 0. The van der Waals surface area contributed by atoms with E-state index in [1.165, 1.54) is 10.6 Å². The zero-order chi connectivity index (χ0) is 25.1. The lowest BCUT2D eigenvalue weighted by Crippen LogP contribution is -2.40. The highest BCUT2D eigenvalue weighted by atomic mass is 32.1. The normalized spacial score (nSPS) is 12.0. The fourth-order valence-electron chi connectivity index (χ4n) is 3.26. The van der Waals surface area contributed by atoms with E-state index in [-0.39, 0.29) is 24.6 Å². The zero-order valence-electron chi connectivity index (χ0n) is 20.6. The molecule has 2 aromatic rings. The molecule has 0 radical (unpaired) electrons. The van der Waals surface area contributed by atoms with Crippen molar-refractivity contribution in [3.8, 4) is 11.5 Å². The molecule has 34 heavy (non-hydrogen) atoms. The number of benzene rings is 1. The minimum absolute atomic E-state index is 0.149. The van der Waals surface area contributed by atoms with E-state index in [1.54, 1.807) is 31.1 Å². The molecule has 0 N–H and O–H groups in total. The first-order valence-electron chi connectivity index (χ1n) is 11.6. The Balaban J connectivity index is 2.53. The van der Waals surface area contributed by atoms with Gasteiger partial charge in [-0.2, -0.15) is 0 Å². The predicted molar refractivity (Wildman–Crippen MR) is 134 cm³/mol. The van der Waals surface area contributed by atoms with Crippen molar-refractivity contribution in [2.45, 2.75) is 47.1 Å². The van der Waals surface area contributed by atoms with Crippen LogP contribution in [-0.4, -0.2) is 54.8 Å². The highest BCUT2D eigenvalue weighted by Gasteiger charge is 2.15. The van der Waals surface area contributed by atoms with E-state index in [9.17, 15) is 14.4 Å². The number of hydrogen-bond acceptors (Lipinski definition) is 7. The number of thiazole rings is 1. The van der Waals surface area contributed by atoms with Gasteiger partial charge >= 0.3 is 5.97 Å². The van der Waals surface area contributed by atoms with Crippen molar-refractivity contribution in [2.24, 2.45) is 0 Å². The number of esters is 1. The summed E-state index contributed by atoms with van der Waals surface area (Å²) >= 11 is 1.13.